The van der Waals surface area contributed by atoms with Crippen LogP contribution in [0.15, 0.2) is 35.7 Å². The lowest BCUT2D eigenvalue weighted by atomic mass is 10.1. The smallest absolute Gasteiger partial charge is 0.118 e. The molecule has 1 N–H and O–H groups in total. The summed E-state index contributed by atoms with van der Waals surface area (Å²) in [5.41, 5.74) is 2.72. The lowest BCUT2D eigenvalue weighted by Gasteiger charge is -2.14. The summed E-state index contributed by atoms with van der Waals surface area (Å²) in [5.74, 6) is 0.915. The molecule has 2 aromatic rings. The van der Waals surface area contributed by atoms with Gasteiger partial charge in [0.1, 0.15) is 5.75 Å². The number of aryl methyl sites for hydroxylation is 1. The molecule has 0 fully saturated rings. The maximum Gasteiger partial charge on any atom is 0.118 e. The number of ether oxygens (including phenoxy) is 1. The molecule has 102 valence electrons. The summed E-state index contributed by atoms with van der Waals surface area (Å²) < 4.78 is 5.17. The molecule has 1 aromatic heterocycles. The van der Waals surface area contributed by atoms with E-state index in [1.165, 1.54) is 16.0 Å². The number of nitrogens with one attached hydrogen (secondary N) is 1. The Balaban J connectivity index is 1.83. The quantitative estimate of drug-likeness (QED) is 0.866. The van der Waals surface area contributed by atoms with Crippen LogP contribution in [0.25, 0.3) is 0 Å². The lowest BCUT2D eigenvalue weighted by Crippen LogP contribution is -2.27. The molecule has 1 heterocycles. The summed E-state index contributed by atoms with van der Waals surface area (Å²) in [6.45, 7) is 5.36. The van der Waals surface area contributed by atoms with Gasteiger partial charge in [-0.25, -0.2) is 0 Å². The maximum absolute atomic E-state index is 5.17. The first kappa shape index (κ1) is 14.1. The molecule has 0 amide bonds. The van der Waals surface area contributed by atoms with Crippen LogP contribution in [-0.2, 0) is 13.0 Å². The van der Waals surface area contributed by atoms with Gasteiger partial charge in [0.2, 0.25) is 0 Å². The Morgan fingerprint density at radius 1 is 1.21 bits per heavy atom. The highest BCUT2D eigenvalue weighted by molar-refractivity contribution is 7.10. The molecule has 0 aliphatic heterocycles. The first-order valence-electron chi connectivity index (χ1n) is 6.58. The van der Waals surface area contributed by atoms with E-state index in [0.29, 0.717) is 6.04 Å². The van der Waals surface area contributed by atoms with Crippen LogP contribution < -0.4 is 10.1 Å². The molecule has 0 aliphatic rings. The van der Waals surface area contributed by atoms with Crippen molar-refractivity contribution in [2.24, 2.45) is 0 Å². The Hall–Kier alpha value is -1.32. The summed E-state index contributed by atoms with van der Waals surface area (Å²) in [5, 5.41) is 5.74. The molecule has 0 spiro atoms. The van der Waals surface area contributed by atoms with Gasteiger partial charge >= 0.3 is 0 Å². The number of thiophene rings is 1. The van der Waals surface area contributed by atoms with Crippen molar-refractivity contribution >= 4 is 11.3 Å². The van der Waals surface area contributed by atoms with E-state index >= 15 is 0 Å². The topological polar surface area (TPSA) is 21.3 Å². The van der Waals surface area contributed by atoms with Crippen LogP contribution in [0.1, 0.15) is 22.9 Å². The molecule has 3 heteroatoms. The first-order chi connectivity index (χ1) is 9.19. The summed E-state index contributed by atoms with van der Waals surface area (Å²) >= 11 is 1.82. The van der Waals surface area contributed by atoms with Crippen molar-refractivity contribution in [3.63, 3.8) is 0 Å². The van der Waals surface area contributed by atoms with Crippen LogP contribution in [0.2, 0.25) is 0 Å². The molecule has 2 nitrogen and oxygen atoms in total. The molecule has 0 saturated carbocycles. The van der Waals surface area contributed by atoms with Crippen molar-refractivity contribution < 1.29 is 4.74 Å². The first-order valence-corrected chi connectivity index (χ1v) is 7.46. The molecular formula is C16H21NOS. The van der Waals surface area contributed by atoms with Crippen LogP contribution >= 0.6 is 11.3 Å². The normalized spacial score (nSPS) is 12.4. The zero-order chi connectivity index (χ0) is 13.7. The van der Waals surface area contributed by atoms with E-state index in [1.807, 2.05) is 23.5 Å². The average molecular weight is 275 g/mol. The van der Waals surface area contributed by atoms with Crippen molar-refractivity contribution in [3.05, 3.63) is 51.7 Å². The molecule has 0 radical (unpaired) electrons. The molecule has 0 aliphatic carbocycles. The van der Waals surface area contributed by atoms with Gasteiger partial charge in [-0.05, 0) is 55.0 Å². The highest BCUT2D eigenvalue weighted by Crippen LogP contribution is 2.16. The molecule has 1 unspecified atom stereocenters. The number of methoxy groups -OCH3 is 1. The second-order valence-corrected chi connectivity index (χ2v) is 5.86. The highest BCUT2D eigenvalue weighted by Gasteiger charge is 2.05. The number of hydrogen-bond acceptors (Lipinski definition) is 3. The maximum atomic E-state index is 5.17. The van der Waals surface area contributed by atoms with Crippen molar-refractivity contribution in [2.45, 2.75) is 32.9 Å². The average Bonchev–Trinajstić information content (AvgIpc) is 2.83. The fourth-order valence-corrected chi connectivity index (χ4v) is 2.90. The van der Waals surface area contributed by atoms with Crippen LogP contribution in [0.4, 0.5) is 0 Å². The van der Waals surface area contributed by atoms with Gasteiger partial charge in [-0.3, -0.25) is 0 Å². The zero-order valence-electron chi connectivity index (χ0n) is 11.8. The van der Waals surface area contributed by atoms with E-state index in [9.17, 15) is 0 Å². The minimum Gasteiger partial charge on any atom is -0.497 e. The summed E-state index contributed by atoms with van der Waals surface area (Å²) in [6.07, 6.45) is 1.04. The zero-order valence-corrected chi connectivity index (χ0v) is 12.6. The van der Waals surface area contributed by atoms with Gasteiger partial charge < -0.3 is 10.1 Å². The monoisotopic (exact) mass is 275 g/mol. The van der Waals surface area contributed by atoms with E-state index in [0.717, 1.165) is 18.7 Å². The molecule has 19 heavy (non-hydrogen) atoms. The van der Waals surface area contributed by atoms with Gasteiger partial charge in [-0.1, -0.05) is 12.1 Å². The minimum absolute atomic E-state index is 0.467. The van der Waals surface area contributed by atoms with Gasteiger partial charge in [0.05, 0.1) is 7.11 Å². The molecule has 1 aromatic carbocycles. The second-order valence-electron chi connectivity index (χ2n) is 4.86. The predicted molar refractivity (Wildman–Crippen MR) is 82.1 cm³/mol. The van der Waals surface area contributed by atoms with E-state index in [4.69, 9.17) is 4.74 Å². The van der Waals surface area contributed by atoms with E-state index in [2.05, 4.69) is 42.7 Å². The van der Waals surface area contributed by atoms with E-state index in [-0.39, 0.29) is 0 Å². The largest absolute Gasteiger partial charge is 0.497 e. The number of rotatable bonds is 6. The standard InChI is InChI=1S/C16H21NOS/c1-12-8-9-19-16(12)11-17-13(2)10-14-4-6-15(18-3)7-5-14/h4-9,13,17H,10-11H2,1-3H3. The van der Waals surface area contributed by atoms with E-state index in [1.54, 1.807) is 7.11 Å². The summed E-state index contributed by atoms with van der Waals surface area (Å²) in [4.78, 5) is 1.43. The van der Waals surface area contributed by atoms with Gasteiger partial charge in [0.15, 0.2) is 0 Å². The Labute approximate surface area is 119 Å². The van der Waals surface area contributed by atoms with Crippen molar-refractivity contribution in [1.29, 1.82) is 0 Å². The lowest BCUT2D eigenvalue weighted by molar-refractivity contribution is 0.414. The van der Waals surface area contributed by atoms with Crippen LogP contribution in [-0.4, -0.2) is 13.2 Å². The van der Waals surface area contributed by atoms with Gasteiger partial charge in [0.25, 0.3) is 0 Å². The van der Waals surface area contributed by atoms with Crippen LogP contribution in [0.3, 0.4) is 0 Å². The molecule has 0 bridgehead atoms. The molecule has 1 atom stereocenters. The third-order valence-corrected chi connectivity index (χ3v) is 4.30. The van der Waals surface area contributed by atoms with Crippen LogP contribution in [0.5, 0.6) is 5.75 Å². The summed E-state index contributed by atoms with van der Waals surface area (Å²) in [7, 11) is 1.70. The van der Waals surface area contributed by atoms with Crippen molar-refractivity contribution in [1.82, 2.24) is 5.32 Å². The van der Waals surface area contributed by atoms with Gasteiger partial charge in [-0.15, -0.1) is 11.3 Å². The Morgan fingerprint density at radius 3 is 2.53 bits per heavy atom. The molecule has 2 rings (SSSR count). The minimum atomic E-state index is 0.467. The van der Waals surface area contributed by atoms with Crippen LogP contribution in [0, 0.1) is 6.92 Å². The fraction of sp³-hybridized carbons (Fsp3) is 0.375. The Kier molecular flexibility index (Phi) is 5.00. The molecular weight excluding hydrogens is 254 g/mol. The second kappa shape index (κ2) is 6.73. The number of hydrogen-bond donors (Lipinski definition) is 1. The van der Waals surface area contributed by atoms with Crippen molar-refractivity contribution in [2.75, 3.05) is 7.11 Å². The Bertz CT molecular complexity index is 504. The molecule has 0 saturated heterocycles. The van der Waals surface area contributed by atoms with Crippen molar-refractivity contribution in [3.8, 4) is 5.75 Å². The Morgan fingerprint density at radius 2 is 1.95 bits per heavy atom. The van der Waals surface area contributed by atoms with Gasteiger partial charge in [-0.2, -0.15) is 0 Å². The third-order valence-electron chi connectivity index (χ3n) is 3.28. The van der Waals surface area contributed by atoms with E-state index < -0.39 is 0 Å². The fourth-order valence-electron chi connectivity index (χ4n) is 2.04. The SMILES string of the molecule is COc1ccc(CC(C)NCc2sccc2C)cc1. The highest BCUT2D eigenvalue weighted by atomic mass is 32.1. The third kappa shape index (κ3) is 4.08. The predicted octanol–water partition coefficient (Wildman–Crippen LogP) is 3.79. The number of benzene rings is 1. The summed E-state index contributed by atoms with van der Waals surface area (Å²) in [6, 6.07) is 10.9. The van der Waals surface area contributed by atoms with Gasteiger partial charge in [0, 0.05) is 17.5 Å².